The molecule has 0 amide bonds. The van der Waals surface area contributed by atoms with Crippen molar-refractivity contribution >= 4 is 11.9 Å². The molecule has 0 unspecified atom stereocenters. The van der Waals surface area contributed by atoms with E-state index in [1.807, 2.05) is 0 Å². The van der Waals surface area contributed by atoms with E-state index in [1.54, 1.807) is 6.92 Å². The number of esters is 1. The summed E-state index contributed by atoms with van der Waals surface area (Å²) in [5.41, 5.74) is 5.34. The predicted octanol–water partition coefficient (Wildman–Crippen LogP) is -0.0923. The van der Waals surface area contributed by atoms with E-state index in [0.717, 1.165) is 0 Å². The van der Waals surface area contributed by atoms with E-state index in [0.29, 0.717) is 0 Å². The van der Waals surface area contributed by atoms with Crippen molar-refractivity contribution in [3.63, 3.8) is 0 Å². The van der Waals surface area contributed by atoms with Crippen molar-refractivity contribution in [3.8, 4) is 0 Å². The number of nitrogens with two attached hydrogens (primary N) is 1. The van der Waals surface area contributed by atoms with Crippen LogP contribution in [-0.4, -0.2) is 29.7 Å². The molecule has 0 saturated heterocycles. The zero-order valence-corrected chi connectivity index (χ0v) is 7.45. The molecule has 0 bridgehead atoms. The number of hydrogen-bond acceptors (Lipinski definition) is 4. The largest absolute Gasteiger partial charge is 0.480 e. The maximum atomic E-state index is 10.8. The third-order valence-corrected chi connectivity index (χ3v) is 1.38. The molecule has 0 spiro atoms. The first-order chi connectivity index (χ1) is 5.99. The molecular weight excluding hydrogens is 174 g/mol. The summed E-state index contributed by atoms with van der Waals surface area (Å²) in [5.74, 6) is -1.71. The lowest BCUT2D eigenvalue weighted by molar-refractivity contribution is -0.142. The molecular formula is C8H13NO4. The van der Waals surface area contributed by atoms with Crippen molar-refractivity contribution in [3.05, 3.63) is 12.2 Å². The minimum atomic E-state index is -1.20. The standard InChI is InChI=1S/C8H13NO4/c1-3-13-6(10)4-5(2)7(9)8(11)12/h7H,2-4,9H2,1H3,(H,11,12)/t7-/m0/s1. The number of carbonyl (C=O) groups is 2. The smallest absolute Gasteiger partial charge is 0.324 e. The van der Waals surface area contributed by atoms with Crippen molar-refractivity contribution in [2.75, 3.05) is 6.61 Å². The molecule has 0 aromatic heterocycles. The summed E-state index contributed by atoms with van der Waals surface area (Å²) in [7, 11) is 0. The van der Waals surface area contributed by atoms with Gasteiger partial charge in [-0.15, -0.1) is 0 Å². The summed E-state index contributed by atoms with van der Waals surface area (Å²) in [6, 6.07) is -1.20. The Bertz CT molecular complexity index is 224. The average Bonchev–Trinajstić information content (AvgIpc) is 2.03. The van der Waals surface area contributed by atoms with Crippen molar-refractivity contribution in [1.82, 2.24) is 0 Å². The van der Waals surface area contributed by atoms with Gasteiger partial charge in [0.1, 0.15) is 6.04 Å². The summed E-state index contributed by atoms with van der Waals surface area (Å²) >= 11 is 0. The molecule has 0 heterocycles. The van der Waals surface area contributed by atoms with Crippen molar-refractivity contribution in [2.45, 2.75) is 19.4 Å². The summed E-state index contributed by atoms with van der Waals surface area (Å²) in [5, 5.41) is 8.46. The molecule has 0 aromatic carbocycles. The summed E-state index contributed by atoms with van der Waals surface area (Å²) in [6.07, 6.45) is -0.151. The van der Waals surface area contributed by atoms with Gasteiger partial charge in [-0.3, -0.25) is 9.59 Å². The van der Waals surface area contributed by atoms with Gasteiger partial charge in [0.15, 0.2) is 0 Å². The highest BCUT2D eigenvalue weighted by molar-refractivity contribution is 5.80. The van der Waals surface area contributed by atoms with Crippen molar-refractivity contribution < 1.29 is 19.4 Å². The third kappa shape index (κ3) is 4.27. The van der Waals surface area contributed by atoms with Gasteiger partial charge in [-0.2, -0.15) is 0 Å². The van der Waals surface area contributed by atoms with Crippen LogP contribution in [0.15, 0.2) is 12.2 Å². The fraction of sp³-hybridized carbons (Fsp3) is 0.500. The number of rotatable bonds is 5. The molecule has 0 aromatic rings. The molecule has 0 radical (unpaired) electrons. The molecule has 0 aliphatic carbocycles. The lowest BCUT2D eigenvalue weighted by Crippen LogP contribution is -2.32. The second-order valence-corrected chi connectivity index (χ2v) is 2.46. The zero-order valence-electron chi connectivity index (χ0n) is 7.45. The second kappa shape index (κ2) is 5.31. The first kappa shape index (κ1) is 11.6. The maximum Gasteiger partial charge on any atom is 0.324 e. The maximum absolute atomic E-state index is 10.8. The molecule has 5 nitrogen and oxygen atoms in total. The van der Waals surface area contributed by atoms with Gasteiger partial charge in [0, 0.05) is 0 Å². The Morgan fingerprint density at radius 2 is 2.15 bits per heavy atom. The normalized spacial score (nSPS) is 11.8. The van der Waals surface area contributed by atoms with Crippen LogP contribution < -0.4 is 5.73 Å². The Morgan fingerprint density at radius 3 is 2.54 bits per heavy atom. The lowest BCUT2D eigenvalue weighted by atomic mass is 10.1. The Hall–Kier alpha value is -1.36. The van der Waals surface area contributed by atoms with Crippen LogP contribution in [0.25, 0.3) is 0 Å². The number of carboxylic acid groups (broad SMARTS) is 1. The van der Waals surface area contributed by atoms with E-state index in [1.165, 1.54) is 0 Å². The Morgan fingerprint density at radius 1 is 1.62 bits per heavy atom. The van der Waals surface area contributed by atoms with Gasteiger partial charge in [-0.1, -0.05) is 6.58 Å². The summed E-state index contributed by atoms with van der Waals surface area (Å²) in [4.78, 5) is 21.2. The Kier molecular flexibility index (Phi) is 4.76. The van der Waals surface area contributed by atoms with E-state index >= 15 is 0 Å². The molecule has 5 heteroatoms. The van der Waals surface area contributed by atoms with Gasteiger partial charge >= 0.3 is 11.9 Å². The topological polar surface area (TPSA) is 89.6 Å². The van der Waals surface area contributed by atoms with Gasteiger partial charge in [0.25, 0.3) is 0 Å². The number of ether oxygens (including phenoxy) is 1. The SMILES string of the molecule is C=C(CC(=O)OCC)[C@H](N)C(=O)O. The van der Waals surface area contributed by atoms with E-state index in [2.05, 4.69) is 11.3 Å². The predicted molar refractivity (Wildman–Crippen MR) is 46.0 cm³/mol. The highest BCUT2D eigenvalue weighted by atomic mass is 16.5. The Balaban J connectivity index is 4.00. The molecule has 0 rings (SSSR count). The molecule has 0 fully saturated rings. The molecule has 3 N–H and O–H groups in total. The summed E-state index contributed by atoms with van der Waals surface area (Å²) < 4.78 is 4.59. The van der Waals surface area contributed by atoms with Crippen LogP contribution in [0.4, 0.5) is 0 Å². The fourth-order valence-electron chi connectivity index (χ4n) is 0.682. The summed E-state index contributed by atoms with van der Waals surface area (Å²) in [6.45, 7) is 5.31. The van der Waals surface area contributed by atoms with E-state index < -0.39 is 18.0 Å². The van der Waals surface area contributed by atoms with E-state index in [-0.39, 0.29) is 18.6 Å². The van der Waals surface area contributed by atoms with E-state index in [9.17, 15) is 9.59 Å². The van der Waals surface area contributed by atoms with Gasteiger partial charge in [0.2, 0.25) is 0 Å². The van der Waals surface area contributed by atoms with Crippen molar-refractivity contribution in [1.29, 1.82) is 0 Å². The van der Waals surface area contributed by atoms with Crippen LogP contribution in [0.1, 0.15) is 13.3 Å². The highest BCUT2D eigenvalue weighted by Gasteiger charge is 2.18. The van der Waals surface area contributed by atoms with Gasteiger partial charge in [0.05, 0.1) is 13.0 Å². The van der Waals surface area contributed by atoms with Crippen LogP contribution in [0, 0.1) is 0 Å². The monoisotopic (exact) mass is 187 g/mol. The molecule has 13 heavy (non-hydrogen) atoms. The lowest BCUT2D eigenvalue weighted by Gasteiger charge is -2.08. The van der Waals surface area contributed by atoms with Crippen LogP contribution in [0.5, 0.6) is 0 Å². The van der Waals surface area contributed by atoms with E-state index in [4.69, 9.17) is 10.8 Å². The van der Waals surface area contributed by atoms with Crippen LogP contribution in [0.2, 0.25) is 0 Å². The Labute approximate surface area is 76.2 Å². The quantitative estimate of drug-likeness (QED) is 0.463. The fourth-order valence-corrected chi connectivity index (χ4v) is 0.682. The highest BCUT2D eigenvalue weighted by Crippen LogP contribution is 2.04. The third-order valence-electron chi connectivity index (χ3n) is 1.38. The number of carboxylic acids is 1. The minimum absolute atomic E-state index is 0.144. The van der Waals surface area contributed by atoms with Gasteiger partial charge in [-0.05, 0) is 12.5 Å². The van der Waals surface area contributed by atoms with Crippen LogP contribution >= 0.6 is 0 Å². The van der Waals surface area contributed by atoms with Gasteiger partial charge in [-0.25, -0.2) is 0 Å². The minimum Gasteiger partial charge on any atom is -0.480 e. The molecule has 1 atom stereocenters. The average molecular weight is 187 g/mol. The first-order valence-corrected chi connectivity index (χ1v) is 3.80. The molecule has 0 aliphatic heterocycles. The zero-order chi connectivity index (χ0) is 10.4. The number of carbonyl (C=O) groups excluding carboxylic acids is 1. The van der Waals surface area contributed by atoms with Crippen molar-refractivity contribution in [2.24, 2.45) is 5.73 Å². The second-order valence-electron chi connectivity index (χ2n) is 2.46. The van der Waals surface area contributed by atoms with Crippen LogP contribution in [-0.2, 0) is 14.3 Å². The molecule has 0 aliphatic rings. The molecule has 0 saturated carbocycles. The van der Waals surface area contributed by atoms with Crippen LogP contribution in [0.3, 0.4) is 0 Å². The number of hydrogen-bond donors (Lipinski definition) is 2. The van der Waals surface area contributed by atoms with Gasteiger partial charge < -0.3 is 15.6 Å². The molecule has 74 valence electrons. The number of aliphatic carboxylic acids is 1. The first-order valence-electron chi connectivity index (χ1n) is 3.80.